The molecule has 0 saturated carbocycles. The number of alkyl carbamates (subject to hydrolysis) is 1. The van der Waals surface area contributed by atoms with Gasteiger partial charge in [0, 0.05) is 25.3 Å². The van der Waals surface area contributed by atoms with Gasteiger partial charge in [-0.2, -0.15) is 0 Å². The zero-order valence-electron chi connectivity index (χ0n) is 23.2. The van der Waals surface area contributed by atoms with Crippen LogP contribution in [0.4, 0.5) is 10.5 Å². The Kier molecular flexibility index (Phi) is 25.3. The van der Waals surface area contributed by atoms with Crippen LogP contribution in [-0.4, -0.2) is 77.6 Å². The monoisotopic (exact) mass is 550 g/mol. The minimum Gasteiger partial charge on any atom is -0.490 e. The van der Waals surface area contributed by atoms with Crippen LogP contribution in [0.2, 0.25) is 0 Å². The van der Waals surface area contributed by atoms with E-state index in [0.29, 0.717) is 26.1 Å². The van der Waals surface area contributed by atoms with E-state index in [1.54, 1.807) is 20.9 Å². The van der Waals surface area contributed by atoms with Gasteiger partial charge in [-0.15, -0.1) is 0 Å². The molecule has 0 aliphatic carbocycles. The van der Waals surface area contributed by atoms with Crippen molar-refractivity contribution in [3.05, 3.63) is 60.7 Å². The quantitative estimate of drug-likeness (QED) is 0.215. The van der Waals surface area contributed by atoms with Crippen molar-refractivity contribution in [2.24, 2.45) is 5.73 Å². The number of ether oxygens (including phenoxy) is 4. The molecule has 2 rings (SSSR count). The fourth-order valence-electron chi connectivity index (χ4n) is 2.24. The first-order valence-corrected chi connectivity index (χ1v) is 12.1. The fourth-order valence-corrected chi connectivity index (χ4v) is 2.24. The lowest BCUT2D eigenvalue weighted by molar-refractivity contribution is -0.134. The smallest absolute Gasteiger partial charge is 0.407 e. The molecular formula is C27H42N4O8. The molecule has 0 bridgehead atoms. The summed E-state index contributed by atoms with van der Waals surface area (Å²) >= 11 is 0. The normalized spacial score (nSPS) is 11.3. The Hall–Kier alpha value is -4.32. The van der Waals surface area contributed by atoms with Crippen LogP contribution in [0.25, 0.3) is 0 Å². The molecule has 3 atom stereocenters. The summed E-state index contributed by atoms with van der Waals surface area (Å²) in [5, 5.41) is 8.57. The van der Waals surface area contributed by atoms with Crippen molar-refractivity contribution in [1.82, 2.24) is 10.6 Å². The van der Waals surface area contributed by atoms with Gasteiger partial charge in [0.2, 0.25) is 6.41 Å². The lowest BCUT2D eigenvalue weighted by atomic mass is 10.3. The van der Waals surface area contributed by atoms with Crippen LogP contribution in [0.3, 0.4) is 0 Å². The summed E-state index contributed by atoms with van der Waals surface area (Å²) in [6.45, 7) is 7.03. The van der Waals surface area contributed by atoms with Crippen LogP contribution < -0.4 is 26.4 Å². The Bertz CT molecular complexity index is 859. The van der Waals surface area contributed by atoms with Crippen LogP contribution in [0, 0.1) is 0 Å². The van der Waals surface area contributed by atoms with Gasteiger partial charge in [0.05, 0.1) is 0 Å². The predicted molar refractivity (Wildman–Crippen MR) is 149 cm³/mol. The number of nitrogens with one attached hydrogen (secondary N) is 3. The van der Waals surface area contributed by atoms with E-state index in [2.05, 4.69) is 31.2 Å². The third kappa shape index (κ3) is 25.1. The number of nitrogens with two attached hydrogens (primary N) is 1. The van der Waals surface area contributed by atoms with Gasteiger partial charge in [-0.25, -0.2) is 4.79 Å². The van der Waals surface area contributed by atoms with Gasteiger partial charge in [0.25, 0.3) is 12.9 Å². The number of likely N-dealkylation sites (N-methyl/N-ethyl adjacent to an activating group) is 1. The zero-order chi connectivity index (χ0) is 29.7. The van der Waals surface area contributed by atoms with E-state index in [4.69, 9.17) is 14.3 Å². The molecule has 12 heteroatoms. The lowest BCUT2D eigenvalue weighted by Crippen LogP contribution is -2.38. The third-order valence-corrected chi connectivity index (χ3v) is 4.33. The Morgan fingerprint density at radius 1 is 0.872 bits per heavy atom. The van der Waals surface area contributed by atoms with Gasteiger partial charge < -0.3 is 40.6 Å². The molecule has 0 heterocycles. The molecule has 0 radical (unpaired) electrons. The van der Waals surface area contributed by atoms with Gasteiger partial charge in [0.1, 0.15) is 31.2 Å². The highest BCUT2D eigenvalue weighted by Crippen LogP contribution is 2.08. The van der Waals surface area contributed by atoms with Crippen LogP contribution >= 0.6 is 0 Å². The Morgan fingerprint density at radius 3 is 1.90 bits per heavy atom. The first-order valence-electron chi connectivity index (χ1n) is 12.1. The molecule has 0 aliphatic rings. The van der Waals surface area contributed by atoms with Crippen molar-refractivity contribution in [3.63, 3.8) is 0 Å². The van der Waals surface area contributed by atoms with Gasteiger partial charge in [-0.05, 0) is 52.1 Å². The standard InChI is InChI=1S/C10H12O3.C9H18N2O4.C7H9N.CH3NO/c1-9(13-8-11)7-12-10-5-3-2-4-6-10;1-7(10-3)4-11-9(13)15-8(2)5-14-6-12;1-8-7-5-3-2-4-6-7;2-1-3/h2-6,8-9H,7H2,1H3;6-8,10H,4-5H2,1-3H3,(H,11,13);2-6,8H,1H3;1H,(H2,2,3). The number of hydrogen-bond acceptors (Lipinski definition) is 10. The molecule has 0 fully saturated rings. The maximum atomic E-state index is 11.1. The Balaban J connectivity index is 0. The van der Waals surface area contributed by atoms with Gasteiger partial charge in [-0.1, -0.05) is 36.4 Å². The molecule has 2 amide bonds. The average Bonchev–Trinajstić information content (AvgIpc) is 2.96. The molecule has 12 nitrogen and oxygen atoms in total. The summed E-state index contributed by atoms with van der Waals surface area (Å²) in [6.07, 6.45) is -0.920. The summed E-state index contributed by atoms with van der Waals surface area (Å²) in [6, 6.07) is 19.7. The summed E-state index contributed by atoms with van der Waals surface area (Å²) in [5.74, 6) is 0.781. The van der Waals surface area contributed by atoms with Crippen molar-refractivity contribution in [2.45, 2.75) is 39.0 Å². The third-order valence-electron chi connectivity index (χ3n) is 4.33. The van der Waals surface area contributed by atoms with Crippen LogP contribution in [0.15, 0.2) is 60.7 Å². The zero-order valence-corrected chi connectivity index (χ0v) is 23.2. The summed E-state index contributed by atoms with van der Waals surface area (Å²) in [5.41, 5.74) is 5.33. The lowest BCUT2D eigenvalue weighted by Gasteiger charge is -2.14. The molecule has 39 heavy (non-hydrogen) atoms. The second-order valence-corrected chi connectivity index (χ2v) is 7.64. The molecule has 0 saturated heterocycles. The van der Waals surface area contributed by atoms with Gasteiger partial charge >= 0.3 is 6.09 Å². The molecule has 2 aromatic carbocycles. The molecule has 218 valence electrons. The number of rotatable bonds is 13. The fraction of sp³-hybridized carbons (Fsp3) is 0.407. The molecule has 2 aromatic rings. The van der Waals surface area contributed by atoms with Crippen molar-refractivity contribution in [1.29, 1.82) is 0 Å². The summed E-state index contributed by atoms with van der Waals surface area (Å²) < 4.78 is 19.3. The molecule has 3 unspecified atom stereocenters. The number of carbonyl (C=O) groups excluding carboxylic acids is 4. The van der Waals surface area contributed by atoms with Crippen molar-refractivity contribution < 1.29 is 38.1 Å². The first-order chi connectivity index (χ1) is 18.8. The predicted octanol–water partition coefficient (Wildman–Crippen LogP) is 2.34. The number of para-hydroxylation sites is 2. The van der Waals surface area contributed by atoms with E-state index in [1.807, 2.05) is 74.6 Å². The maximum absolute atomic E-state index is 11.1. The first kappa shape index (κ1) is 36.8. The maximum Gasteiger partial charge on any atom is 0.407 e. The second kappa shape index (κ2) is 26.7. The number of carbonyl (C=O) groups is 4. The summed E-state index contributed by atoms with van der Waals surface area (Å²) in [7, 11) is 3.72. The molecule has 0 aliphatic heterocycles. The van der Waals surface area contributed by atoms with E-state index in [-0.39, 0.29) is 25.2 Å². The highest BCUT2D eigenvalue weighted by Gasteiger charge is 2.10. The molecular weight excluding hydrogens is 508 g/mol. The Morgan fingerprint density at radius 2 is 1.44 bits per heavy atom. The topological polar surface area (TPSA) is 167 Å². The number of benzene rings is 2. The van der Waals surface area contributed by atoms with E-state index in [9.17, 15) is 14.4 Å². The van der Waals surface area contributed by atoms with E-state index < -0.39 is 12.2 Å². The van der Waals surface area contributed by atoms with E-state index in [1.165, 1.54) is 0 Å². The summed E-state index contributed by atoms with van der Waals surface area (Å²) in [4.78, 5) is 39.5. The largest absolute Gasteiger partial charge is 0.490 e. The van der Waals surface area contributed by atoms with Gasteiger partial charge in [0.15, 0.2) is 0 Å². The van der Waals surface area contributed by atoms with E-state index >= 15 is 0 Å². The number of amides is 2. The average molecular weight is 551 g/mol. The SMILES string of the molecule is CC(COc1ccccc1)OC=O.CNC(C)CNC(=O)OC(C)COC=O.CNc1ccccc1.NC=O. The minimum atomic E-state index is -0.515. The minimum absolute atomic E-state index is 0.0680. The van der Waals surface area contributed by atoms with Crippen molar-refractivity contribution in [3.8, 4) is 5.75 Å². The van der Waals surface area contributed by atoms with Gasteiger partial charge in [-0.3, -0.25) is 14.4 Å². The number of anilines is 1. The molecule has 0 spiro atoms. The second-order valence-electron chi connectivity index (χ2n) is 7.64. The number of primary amides is 1. The van der Waals surface area contributed by atoms with Crippen LogP contribution in [0.1, 0.15) is 20.8 Å². The highest BCUT2D eigenvalue weighted by molar-refractivity contribution is 5.67. The Labute approximate surface area is 230 Å². The van der Waals surface area contributed by atoms with Crippen molar-refractivity contribution >= 4 is 31.1 Å². The van der Waals surface area contributed by atoms with E-state index in [0.717, 1.165) is 11.4 Å². The van der Waals surface area contributed by atoms with Crippen molar-refractivity contribution in [2.75, 3.05) is 39.2 Å². The molecule has 0 aromatic heterocycles. The highest BCUT2D eigenvalue weighted by atomic mass is 16.6. The van der Waals surface area contributed by atoms with Crippen LogP contribution in [0.5, 0.6) is 5.75 Å². The van der Waals surface area contributed by atoms with Crippen LogP contribution in [-0.2, 0) is 28.6 Å². The molecule has 5 N–H and O–H groups in total. The number of hydrogen-bond donors (Lipinski definition) is 4.